The summed E-state index contributed by atoms with van der Waals surface area (Å²) in [6.07, 6.45) is 1.36. The minimum absolute atomic E-state index is 0.0862. The molecule has 0 atom stereocenters. The molecule has 0 unspecified atom stereocenters. The highest BCUT2D eigenvalue weighted by molar-refractivity contribution is 6.00. The van der Waals surface area contributed by atoms with E-state index in [1.165, 1.54) is 20.6 Å². The number of nitrogens with zero attached hydrogens (tertiary/aromatic N) is 3. The van der Waals surface area contributed by atoms with E-state index in [1.807, 2.05) is 0 Å². The predicted molar refractivity (Wildman–Crippen MR) is 105 cm³/mol. The Morgan fingerprint density at radius 3 is 2.17 bits per heavy atom. The van der Waals surface area contributed by atoms with Gasteiger partial charge >= 0.3 is 0 Å². The minimum Gasteiger partial charge on any atom is -0.496 e. The molecule has 2 heterocycles. The monoisotopic (exact) mass is 395 g/mol. The van der Waals surface area contributed by atoms with Crippen molar-refractivity contribution in [3.63, 3.8) is 0 Å². The summed E-state index contributed by atoms with van der Waals surface area (Å²) in [5.41, 5.74) is 2.24. The van der Waals surface area contributed by atoms with Crippen molar-refractivity contribution in [2.75, 3.05) is 40.4 Å². The number of amides is 2. The van der Waals surface area contributed by atoms with Crippen molar-refractivity contribution < 1.29 is 23.5 Å². The zero-order chi connectivity index (χ0) is 20.4. The molecule has 4 rings (SSSR count). The second-order valence-electron chi connectivity index (χ2n) is 6.66. The molecule has 1 fully saturated rings. The van der Waals surface area contributed by atoms with E-state index in [0.29, 0.717) is 59.9 Å². The number of benzene rings is 2. The number of rotatable bonds is 4. The predicted octanol–water partition coefficient (Wildman–Crippen LogP) is 2.44. The summed E-state index contributed by atoms with van der Waals surface area (Å²) >= 11 is 0. The first-order chi connectivity index (χ1) is 14.1. The second kappa shape index (κ2) is 7.83. The van der Waals surface area contributed by atoms with Gasteiger partial charge in [-0.1, -0.05) is 6.07 Å². The van der Waals surface area contributed by atoms with Gasteiger partial charge < -0.3 is 23.7 Å². The average molecular weight is 395 g/mol. The minimum atomic E-state index is -0.171. The fraction of sp³-hybridized carbons (Fsp3) is 0.286. The van der Waals surface area contributed by atoms with Crippen LogP contribution in [0, 0.1) is 0 Å². The lowest BCUT2D eigenvalue weighted by Gasteiger charge is -2.35. The van der Waals surface area contributed by atoms with Gasteiger partial charge in [0.1, 0.15) is 22.6 Å². The molecule has 1 aromatic heterocycles. The Hall–Kier alpha value is -3.55. The molecule has 8 heteroatoms. The lowest BCUT2D eigenvalue weighted by molar-refractivity contribution is 0.0531. The van der Waals surface area contributed by atoms with Gasteiger partial charge in [-0.25, -0.2) is 4.98 Å². The number of piperazine rings is 1. The van der Waals surface area contributed by atoms with Crippen LogP contribution in [-0.4, -0.2) is 67.0 Å². The van der Waals surface area contributed by atoms with Crippen LogP contribution >= 0.6 is 0 Å². The van der Waals surface area contributed by atoms with Crippen LogP contribution < -0.4 is 9.47 Å². The number of aromatic nitrogens is 1. The normalized spacial score (nSPS) is 14.1. The third-order valence-corrected chi connectivity index (χ3v) is 5.07. The van der Waals surface area contributed by atoms with Gasteiger partial charge in [-0.15, -0.1) is 0 Å². The lowest BCUT2D eigenvalue weighted by Crippen LogP contribution is -2.50. The largest absolute Gasteiger partial charge is 0.496 e. The molecule has 0 bridgehead atoms. The molecule has 0 saturated carbocycles. The van der Waals surface area contributed by atoms with Gasteiger partial charge in [0, 0.05) is 31.7 Å². The SMILES string of the molecule is COc1cccc(OC)c1C(=O)N1CCN(C(=O)c2ccc3ocnc3c2)CC1. The van der Waals surface area contributed by atoms with Crippen molar-refractivity contribution in [2.24, 2.45) is 0 Å². The quantitative estimate of drug-likeness (QED) is 0.675. The highest BCUT2D eigenvalue weighted by Gasteiger charge is 2.29. The Bertz CT molecular complexity index is 1030. The number of carbonyl (C=O) groups excluding carboxylic acids is 2. The Labute approximate surface area is 167 Å². The summed E-state index contributed by atoms with van der Waals surface area (Å²) in [4.78, 5) is 33.5. The van der Waals surface area contributed by atoms with Gasteiger partial charge in [-0.05, 0) is 30.3 Å². The van der Waals surface area contributed by atoms with Gasteiger partial charge in [0.2, 0.25) is 0 Å². The smallest absolute Gasteiger partial charge is 0.261 e. The molecule has 0 spiro atoms. The third-order valence-electron chi connectivity index (χ3n) is 5.07. The number of fused-ring (bicyclic) bond motifs is 1. The zero-order valence-electron chi connectivity index (χ0n) is 16.3. The molecule has 150 valence electrons. The van der Waals surface area contributed by atoms with Gasteiger partial charge in [0.15, 0.2) is 12.0 Å². The molecule has 8 nitrogen and oxygen atoms in total. The van der Waals surface area contributed by atoms with Crippen LogP contribution in [0.25, 0.3) is 11.1 Å². The van der Waals surface area contributed by atoms with Gasteiger partial charge in [0.25, 0.3) is 11.8 Å². The fourth-order valence-corrected chi connectivity index (χ4v) is 3.51. The Morgan fingerprint density at radius 2 is 1.55 bits per heavy atom. The van der Waals surface area contributed by atoms with Crippen LogP contribution in [0.1, 0.15) is 20.7 Å². The maximum Gasteiger partial charge on any atom is 0.261 e. The highest BCUT2D eigenvalue weighted by Crippen LogP contribution is 2.30. The van der Waals surface area contributed by atoms with Crippen LogP contribution in [0.5, 0.6) is 11.5 Å². The first-order valence-corrected chi connectivity index (χ1v) is 9.25. The van der Waals surface area contributed by atoms with Crippen molar-refractivity contribution in [1.82, 2.24) is 14.8 Å². The number of carbonyl (C=O) groups is 2. The van der Waals surface area contributed by atoms with Crippen molar-refractivity contribution in [3.05, 3.63) is 53.9 Å². The van der Waals surface area contributed by atoms with Crippen LogP contribution in [0.3, 0.4) is 0 Å². The molecule has 1 aliphatic rings. The third kappa shape index (κ3) is 3.49. The topological polar surface area (TPSA) is 85.1 Å². The molecular formula is C21H21N3O5. The van der Waals surface area contributed by atoms with E-state index >= 15 is 0 Å². The summed E-state index contributed by atoms with van der Waals surface area (Å²) in [5, 5.41) is 0. The van der Waals surface area contributed by atoms with E-state index < -0.39 is 0 Å². The lowest BCUT2D eigenvalue weighted by atomic mass is 10.1. The highest BCUT2D eigenvalue weighted by atomic mass is 16.5. The maximum absolute atomic E-state index is 13.1. The molecule has 0 aliphatic carbocycles. The maximum atomic E-state index is 13.1. The summed E-state index contributed by atoms with van der Waals surface area (Å²) in [7, 11) is 3.04. The van der Waals surface area contributed by atoms with E-state index in [0.717, 1.165) is 0 Å². The zero-order valence-corrected chi connectivity index (χ0v) is 16.3. The molecule has 2 amide bonds. The van der Waals surface area contributed by atoms with Crippen LogP contribution in [0.2, 0.25) is 0 Å². The summed E-state index contributed by atoms with van der Waals surface area (Å²) in [6, 6.07) is 10.4. The first-order valence-electron chi connectivity index (χ1n) is 9.25. The molecule has 1 saturated heterocycles. The van der Waals surface area contributed by atoms with Crippen molar-refractivity contribution >= 4 is 22.9 Å². The average Bonchev–Trinajstić information content (AvgIpc) is 3.25. The second-order valence-corrected chi connectivity index (χ2v) is 6.66. The summed E-state index contributed by atoms with van der Waals surface area (Å²) in [5.74, 6) is 0.676. The van der Waals surface area contributed by atoms with E-state index in [9.17, 15) is 9.59 Å². The summed E-state index contributed by atoms with van der Waals surface area (Å²) in [6.45, 7) is 1.74. The molecule has 2 aromatic carbocycles. The molecule has 29 heavy (non-hydrogen) atoms. The van der Waals surface area contributed by atoms with E-state index in [4.69, 9.17) is 13.9 Å². The molecule has 3 aromatic rings. The van der Waals surface area contributed by atoms with E-state index in [2.05, 4.69) is 4.98 Å². The molecule has 0 radical (unpaired) electrons. The van der Waals surface area contributed by atoms with Crippen LogP contribution in [0.15, 0.2) is 47.2 Å². The van der Waals surface area contributed by atoms with Gasteiger partial charge in [-0.2, -0.15) is 0 Å². The molecule has 1 aliphatic heterocycles. The van der Waals surface area contributed by atoms with E-state index in [-0.39, 0.29) is 11.8 Å². The number of hydrogen-bond donors (Lipinski definition) is 0. The standard InChI is InChI=1S/C21H21N3O5/c1-27-17-4-3-5-18(28-2)19(17)21(26)24-10-8-23(9-11-24)20(25)14-6-7-16-15(12-14)22-13-29-16/h3-7,12-13H,8-11H2,1-2H3. The van der Waals surface area contributed by atoms with Gasteiger partial charge in [-0.3, -0.25) is 9.59 Å². The number of oxazole rings is 1. The number of methoxy groups -OCH3 is 2. The Balaban J connectivity index is 1.46. The number of ether oxygens (including phenoxy) is 2. The summed E-state index contributed by atoms with van der Waals surface area (Å²) < 4.78 is 15.9. The van der Waals surface area contributed by atoms with Gasteiger partial charge in [0.05, 0.1) is 14.2 Å². The van der Waals surface area contributed by atoms with Crippen molar-refractivity contribution in [1.29, 1.82) is 0 Å². The van der Waals surface area contributed by atoms with Crippen LogP contribution in [0.4, 0.5) is 0 Å². The van der Waals surface area contributed by atoms with Crippen molar-refractivity contribution in [3.8, 4) is 11.5 Å². The molecule has 0 N–H and O–H groups in total. The Kier molecular flexibility index (Phi) is 5.07. The molecular weight excluding hydrogens is 374 g/mol. The van der Waals surface area contributed by atoms with E-state index in [1.54, 1.807) is 46.2 Å². The fourth-order valence-electron chi connectivity index (χ4n) is 3.51. The number of hydrogen-bond acceptors (Lipinski definition) is 6. The first kappa shape index (κ1) is 18.8. The van der Waals surface area contributed by atoms with Crippen molar-refractivity contribution in [2.45, 2.75) is 0 Å². The Morgan fingerprint density at radius 1 is 0.931 bits per heavy atom. The van der Waals surface area contributed by atoms with Crippen LogP contribution in [-0.2, 0) is 0 Å².